The third kappa shape index (κ3) is 7.89. The van der Waals surface area contributed by atoms with Crippen molar-refractivity contribution in [1.82, 2.24) is 15.0 Å². The van der Waals surface area contributed by atoms with E-state index in [2.05, 4.69) is 255 Å². The second-order valence-electron chi connectivity index (χ2n) is 18.3. The maximum Gasteiger partial charge on any atom is 0.0708 e. The molecule has 0 aliphatic carbocycles. The molecule has 3 nitrogen and oxygen atoms in total. The zero-order valence-corrected chi connectivity index (χ0v) is 39.3. The van der Waals surface area contributed by atoms with Crippen LogP contribution in [0.25, 0.3) is 133 Å². The fraction of sp³-hybridized carbons (Fsp3) is 0. The van der Waals surface area contributed by atoms with Crippen molar-refractivity contribution < 1.29 is 0 Å². The van der Waals surface area contributed by atoms with Gasteiger partial charge in [-0.15, -0.1) is 0 Å². The summed E-state index contributed by atoms with van der Waals surface area (Å²) >= 11 is 0. The summed E-state index contributed by atoms with van der Waals surface area (Å²) in [6.07, 6.45) is 6.07. The summed E-state index contributed by atoms with van der Waals surface area (Å²) < 4.78 is 0. The minimum Gasteiger partial charge on any atom is -0.256 e. The molecule has 0 fully saturated rings. The van der Waals surface area contributed by atoms with E-state index in [0.717, 1.165) is 101 Å². The van der Waals surface area contributed by atoms with Gasteiger partial charge in [-0.25, -0.2) is 0 Å². The Morgan fingerprint density at radius 3 is 0.694 bits per heavy atom. The van der Waals surface area contributed by atoms with Crippen molar-refractivity contribution in [2.45, 2.75) is 0 Å². The molecule has 72 heavy (non-hydrogen) atoms. The van der Waals surface area contributed by atoms with Crippen LogP contribution in [0, 0.1) is 0 Å². The summed E-state index contributed by atoms with van der Waals surface area (Å²) in [5.74, 6) is 0. The molecule has 0 saturated heterocycles. The van der Waals surface area contributed by atoms with Crippen LogP contribution in [0.1, 0.15) is 0 Å². The van der Waals surface area contributed by atoms with Gasteiger partial charge in [0, 0.05) is 52.0 Å². The van der Waals surface area contributed by atoms with E-state index >= 15 is 0 Å². The van der Waals surface area contributed by atoms with Crippen LogP contribution in [0.4, 0.5) is 0 Å². The normalized spacial score (nSPS) is 11.3. The van der Waals surface area contributed by atoms with Crippen LogP contribution >= 0.6 is 0 Å². The van der Waals surface area contributed by atoms with E-state index in [9.17, 15) is 0 Å². The molecule has 13 rings (SSSR count). The standard InChI is InChI=1S/C69H45N3/c1-4-22-55-46(16-1)19-13-31-64(55)67-37-34-49(43-70-67)58-25-7-10-28-61(58)52-40-53(62-29-11-8-26-59(62)50-35-38-68(71-44-50)65-32-14-20-47-17-2-5-23-56(47)65)42-54(41-52)63-30-12-9-27-60(63)51-36-39-69(72-45-51)66-33-15-21-48-18-3-6-24-57(48)66/h1-45H. The van der Waals surface area contributed by atoms with Crippen LogP contribution in [-0.2, 0) is 0 Å². The number of aromatic nitrogens is 3. The molecular formula is C69H45N3. The second-order valence-corrected chi connectivity index (χ2v) is 18.3. The lowest BCUT2D eigenvalue weighted by Crippen LogP contribution is -1.93. The molecule has 336 valence electrons. The van der Waals surface area contributed by atoms with Crippen LogP contribution < -0.4 is 0 Å². The van der Waals surface area contributed by atoms with E-state index in [0.29, 0.717) is 0 Å². The highest BCUT2D eigenvalue weighted by Gasteiger charge is 2.18. The van der Waals surface area contributed by atoms with Crippen molar-refractivity contribution in [3.05, 3.63) is 273 Å². The highest BCUT2D eigenvalue weighted by Crippen LogP contribution is 2.43. The Kier molecular flexibility index (Phi) is 10.9. The topological polar surface area (TPSA) is 38.7 Å². The lowest BCUT2D eigenvalue weighted by molar-refractivity contribution is 1.33. The van der Waals surface area contributed by atoms with E-state index < -0.39 is 0 Å². The molecule has 0 N–H and O–H groups in total. The molecule has 0 bridgehead atoms. The number of hydrogen-bond donors (Lipinski definition) is 0. The van der Waals surface area contributed by atoms with Gasteiger partial charge in [0.25, 0.3) is 0 Å². The van der Waals surface area contributed by atoms with E-state index in [1.54, 1.807) is 0 Å². The Morgan fingerprint density at radius 1 is 0.181 bits per heavy atom. The van der Waals surface area contributed by atoms with E-state index in [4.69, 9.17) is 15.0 Å². The molecule has 0 amide bonds. The van der Waals surface area contributed by atoms with Crippen molar-refractivity contribution in [3.8, 4) is 101 Å². The fourth-order valence-corrected chi connectivity index (χ4v) is 10.5. The van der Waals surface area contributed by atoms with Crippen LogP contribution in [0.3, 0.4) is 0 Å². The SMILES string of the molecule is c1ccc(-c2cc(-c3ccccc3-c3ccc(-c4cccc5ccccc45)nc3)cc(-c3ccccc3-c3ccc(-c4cccc5ccccc45)nc3)c2)c(-c2ccc(-c3cccc4ccccc34)nc2)c1. The number of nitrogens with zero attached hydrogens (tertiary/aromatic N) is 3. The van der Waals surface area contributed by atoms with Crippen molar-refractivity contribution >= 4 is 32.3 Å². The zero-order chi connectivity index (χ0) is 47.8. The largest absolute Gasteiger partial charge is 0.256 e. The van der Waals surface area contributed by atoms with Gasteiger partial charge in [0.1, 0.15) is 0 Å². The van der Waals surface area contributed by atoms with Gasteiger partial charge < -0.3 is 0 Å². The van der Waals surface area contributed by atoms with Gasteiger partial charge >= 0.3 is 0 Å². The van der Waals surface area contributed by atoms with Gasteiger partial charge in [-0.2, -0.15) is 0 Å². The van der Waals surface area contributed by atoms with Crippen LogP contribution in [0.2, 0.25) is 0 Å². The highest BCUT2D eigenvalue weighted by molar-refractivity contribution is 5.99. The average Bonchev–Trinajstić information content (AvgIpc) is 3.47. The molecule has 0 radical (unpaired) electrons. The van der Waals surface area contributed by atoms with Gasteiger partial charge in [0.2, 0.25) is 0 Å². The number of hydrogen-bond acceptors (Lipinski definition) is 3. The Bertz CT molecular complexity index is 3680. The first-order chi connectivity index (χ1) is 35.7. The minimum absolute atomic E-state index is 0.949. The summed E-state index contributed by atoms with van der Waals surface area (Å²) in [5.41, 5.74) is 19.4. The molecule has 10 aromatic carbocycles. The lowest BCUT2D eigenvalue weighted by atomic mass is 9.86. The highest BCUT2D eigenvalue weighted by atomic mass is 14.7. The number of rotatable bonds is 9. The first kappa shape index (κ1) is 42.5. The van der Waals surface area contributed by atoms with Gasteiger partial charge in [-0.3, -0.25) is 15.0 Å². The first-order valence-electron chi connectivity index (χ1n) is 24.5. The Balaban J connectivity index is 0.940. The Morgan fingerprint density at radius 2 is 0.417 bits per heavy atom. The van der Waals surface area contributed by atoms with Crippen molar-refractivity contribution in [1.29, 1.82) is 0 Å². The number of benzene rings is 10. The fourth-order valence-electron chi connectivity index (χ4n) is 10.5. The molecule has 0 aliphatic heterocycles. The maximum atomic E-state index is 5.10. The molecule has 3 heteroatoms. The summed E-state index contributed by atoms with van der Waals surface area (Å²) in [7, 11) is 0. The molecule has 0 atom stereocenters. The Hall–Kier alpha value is -9.57. The monoisotopic (exact) mass is 915 g/mol. The third-order valence-corrected chi connectivity index (χ3v) is 14.1. The summed E-state index contributed by atoms with van der Waals surface area (Å²) in [5, 5.41) is 7.19. The molecule has 3 heterocycles. The van der Waals surface area contributed by atoms with Crippen molar-refractivity contribution in [3.63, 3.8) is 0 Å². The Labute approximate surface area is 419 Å². The third-order valence-electron chi connectivity index (χ3n) is 14.1. The predicted molar refractivity (Wildman–Crippen MR) is 301 cm³/mol. The molecule has 0 spiro atoms. The van der Waals surface area contributed by atoms with Crippen LogP contribution in [-0.4, -0.2) is 15.0 Å². The molecular weight excluding hydrogens is 871 g/mol. The number of fused-ring (bicyclic) bond motifs is 3. The molecule has 13 aromatic rings. The second kappa shape index (κ2) is 18.4. The van der Waals surface area contributed by atoms with Gasteiger partial charge in [0.15, 0.2) is 0 Å². The van der Waals surface area contributed by atoms with Crippen molar-refractivity contribution in [2.75, 3.05) is 0 Å². The van der Waals surface area contributed by atoms with Gasteiger partial charge in [-0.1, -0.05) is 218 Å². The molecule has 3 aromatic heterocycles. The quantitative estimate of drug-likeness (QED) is 0.145. The molecule has 0 aliphatic rings. The van der Waals surface area contributed by atoms with Crippen LogP contribution in [0.15, 0.2) is 273 Å². The maximum absolute atomic E-state index is 5.10. The van der Waals surface area contributed by atoms with E-state index in [-0.39, 0.29) is 0 Å². The van der Waals surface area contributed by atoms with Crippen LogP contribution in [0.5, 0.6) is 0 Å². The zero-order valence-electron chi connectivity index (χ0n) is 39.3. The summed E-state index contributed by atoms with van der Waals surface area (Å²) in [4.78, 5) is 15.3. The van der Waals surface area contributed by atoms with Gasteiger partial charge in [0.05, 0.1) is 17.1 Å². The summed E-state index contributed by atoms with van der Waals surface area (Å²) in [6.45, 7) is 0. The minimum atomic E-state index is 0.949. The summed E-state index contributed by atoms with van der Waals surface area (Å²) in [6, 6.07) is 91.0. The van der Waals surface area contributed by atoms with Gasteiger partial charge in [-0.05, 0) is 119 Å². The smallest absolute Gasteiger partial charge is 0.0708 e. The molecule has 0 unspecified atom stereocenters. The first-order valence-corrected chi connectivity index (χ1v) is 24.5. The number of pyridine rings is 3. The molecule has 0 saturated carbocycles. The lowest BCUT2D eigenvalue weighted by Gasteiger charge is -2.18. The average molecular weight is 916 g/mol. The van der Waals surface area contributed by atoms with Crippen molar-refractivity contribution in [2.24, 2.45) is 0 Å². The predicted octanol–water partition coefficient (Wildman–Crippen LogP) is 18.3. The van der Waals surface area contributed by atoms with E-state index in [1.807, 2.05) is 18.6 Å². The van der Waals surface area contributed by atoms with E-state index in [1.165, 1.54) is 32.3 Å².